The molecule has 1 fully saturated rings. The number of carbonyl (C=O) groups is 1. The maximum absolute atomic E-state index is 12.3. The molecule has 0 aromatic heterocycles. The van der Waals surface area contributed by atoms with E-state index in [0.29, 0.717) is 12.6 Å². The minimum Gasteiger partial charge on any atom is -0.352 e. The fourth-order valence-corrected chi connectivity index (χ4v) is 2.75. The van der Waals surface area contributed by atoms with Gasteiger partial charge in [0.05, 0.1) is 0 Å². The summed E-state index contributed by atoms with van der Waals surface area (Å²) < 4.78 is 0. The van der Waals surface area contributed by atoms with E-state index in [1.54, 1.807) is 0 Å². The van der Waals surface area contributed by atoms with E-state index in [1.165, 1.54) is 11.1 Å². The Morgan fingerprint density at radius 1 is 1.27 bits per heavy atom. The van der Waals surface area contributed by atoms with Gasteiger partial charge in [0.2, 0.25) is 5.91 Å². The van der Waals surface area contributed by atoms with E-state index in [-0.39, 0.29) is 11.8 Å². The molecule has 1 aliphatic rings. The summed E-state index contributed by atoms with van der Waals surface area (Å²) in [5, 5.41) is 6.43. The summed E-state index contributed by atoms with van der Waals surface area (Å²) in [6.45, 7) is 7.84. The Kier molecular flexibility index (Phi) is 6.40. The number of nitrogens with zero attached hydrogens (tertiary/aromatic N) is 1. The third-order valence-corrected chi connectivity index (χ3v) is 4.58. The summed E-state index contributed by atoms with van der Waals surface area (Å²) in [5.41, 5.74) is 2.52. The number of rotatable bonds is 6. The van der Waals surface area contributed by atoms with Crippen LogP contribution in [-0.2, 0) is 17.9 Å². The van der Waals surface area contributed by atoms with Gasteiger partial charge in [-0.25, -0.2) is 0 Å². The number of hydrogen-bond donors (Lipinski definition) is 2. The van der Waals surface area contributed by atoms with E-state index in [4.69, 9.17) is 0 Å². The number of hydrogen-bond acceptors (Lipinski definition) is 3. The van der Waals surface area contributed by atoms with E-state index < -0.39 is 0 Å². The van der Waals surface area contributed by atoms with Crippen molar-refractivity contribution in [3.05, 3.63) is 35.4 Å². The lowest BCUT2D eigenvalue weighted by Crippen LogP contribution is -2.38. The second-order valence-electron chi connectivity index (χ2n) is 6.52. The molecule has 122 valence electrons. The van der Waals surface area contributed by atoms with Gasteiger partial charge in [-0.05, 0) is 58.0 Å². The Balaban J connectivity index is 1.93. The Bertz CT molecular complexity index is 481. The van der Waals surface area contributed by atoms with E-state index in [1.807, 2.05) is 6.07 Å². The molecular formula is C18H29N3O. The van der Waals surface area contributed by atoms with Crippen LogP contribution in [0.5, 0.6) is 0 Å². The summed E-state index contributed by atoms with van der Waals surface area (Å²) in [7, 11) is 2.13. The standard InChI is InChI=1S/C18H29N3O/c1-14(2)21(3)13-17-7-5-4-6-16(17)12-20-18(22)15-8-10-19-11-9-15/h4-7,14-15,19H,8-13H2,1-3H3,(H,20,22). The van der Waals surface area contributed by atoms with Crippen LogP contribution in [0.15, 0.2) is 24.3 Å². The molecule has 0 saturated carbocycles. The Labute approximate surface area is 134 Å². The van der Waals surface area contributed by atoms with Gasteiger partial charge in [-0.2, -0.15) is 0 Å². The van der Waals surface area contributed by atoms with Gasteiger partial charge in [0.25, 0.3) is 0 Å². The number of nitrogens with one attached hydrogen (secondary N) is 2. The van der Waals surface area contributed by atoms with Crippen molar-refractivity contribution in [3.8, 4) is 0 Å². The second kappa shape index (κ2) is 8.30. The molecule has 22 heavy (non-hydrogen) atoms. The lowest BCUT2D eigenvalue weighted by molar-refractivity contribution is -0.125. The zero-order valence-electron chi connectivity index (χ0n) is 14.1. The summed E-state index contributed by atoms with van der Waals surface area (Å²) >= 11 is 0. The van der Waals surface area contributed by atoms with E-state index >= 15 is 0 Å². The minimum absolute atomic E-state index is 0.173. The zero-order chi connectivity index (χ0) is 15.9. The van der Waals surface area contributed by atoms with Crippen molar-refractivity contribution >= 4 is 5.91 Å². The van der Waals surface area contributed by atoms with Crippen LogP contribution in [-0.4, -0.2) is 37.0 Å². The fraction of sp³-hybridized carbons (Fsp3) is 0.611. The predicted molar refractivity (Wildman–Crippen MR) is 90.5 cm³/mol. The third-order valence-electron chi connectivity index (χ3n) is 4.58. The highest BCUT2D eigenvalue weighted by molar-refractivity contribution is 5.78. The van der Waals surface area contributed by atoms with Gasteiger partial charge < -0.3 is 10.6 Å². The molecule has 1 aromatic carbocycles. The molecule has 1 heterocycles. The SMILES string of the molecule is CC(C)N(C)Cc1ccccc1CNC(=O)C1CCNCC1. The normalized spacial score (nSPS) is 16.2. The molecular weight excluding hydrogens is 274 g/mol. The highest BCUT2D eigenvalue weighted by atomic mass is 16.1. The van der Waals surface area contributed by atoms with Crippen molar-refractivity contribution in [2.45, 2.75) is 45.8 Å². The lowest BCUT2D eigenvalue weighted by atomic mass is 9.97. The molecule has 0 aliphatic carbocycles. The van der Waals surface area contributed by atoms with Crippen molar-refractivity contribution in [3.63, 3.8) is 0 Å². The molecule has 1 aliphatic heterocycles. The molecule has 2 rings (SSSR count). The van der Waals surface area contributed by atoms with Crippen molar-refractivity contribution < 1.29 is 4.79 Å². The predicted octanol–water partition coefficient (Wildman–Crippen LogP) is 2.14. The summed E-state index contributed by atoms with van der Waals surface area (Å²) in [5.74, 6) is 0.375. The minimum atomic E-state index is 0.173. The molecule has 1 amide bonds. The number of carbonyl (C=O) groups excluding carboxylic acids is 1. The molecule has 1 saturated heterocycles. The first-order valence-corrected chi connectivity index (χ1v) is 8.33. The monoisotopic (exact) mass is 303 g/mol. The van der Waals surface area contributed by atoms with Gasteiger partial charge in [-0.3, -0.25) is 9.69 Å². The molecule has 0 spiro atoms. The molecule has 0 bridgehead atoms. The molecule has 2 N–H and O–H groups in total. The van der Waals surface area contributed by atoms with Crippen LogP contribution >= 0.6 is 0 Å². The highest BCUT2D eigenvalue weighted by Gasteiger charge is 2.20. The van der Waals surface area contributed by atoms with Crippen molar-refractivity contribution in [2.24, 2.45) is 5.92 Å². The van der Waals surface area contributed by atoms with E-state index in [9.17, 15) is 4.79 Å². The molecule has 0 atom stereocenters. The van der Waals surface area contributed by atoms with Crippen molar-refractivity contribution in [1.29, 1.82) is 0 Å². The van der Waals surface area contributed by atoms with Crippen LogP contribution in [0.2, 0.25) is 0 Å². The summed E-state index contributed by atoms with van der Waals surface area (Å²) in [6, 6.07) is 8.90. The highest BCUT2D eigenvalue weighted by Crippen LogP contribution is 2.14. The first-order valence-electron chi connectivity index (χ1n) is 8.33. The topological polar surface area (TPSA) is 44.4 Å². The van der Waals surface area contributed by atoms with Gasteiger partial charge in [0, 0.05) is 25.0 Å². The molecule has 4 nitrogen and oxygen atoms in total. The van der Waals surface area contributed by atoms with Gasteiger partial charge in [-0.15, -0.1) is 0 Å². The number of amides is 1. The van der Waals surface area contributed by atoms with Crippen LogP contribution < -0.4 is 10.6 Å². The quantitative estimate of drug-likeness (QED) is 0.846. The lowest BCUT2D eigenvalue weighted by Gasteiger charge is -2.24. The maximum atomic E-state index is 12.3. The average molecular weight is 303 g/mol. The van der Waals surface area contributed by atoms with Crippen LogP contribution in [0.3, 0.4) is 0 Å². The Morgan fingerprint density at radius 2 is 1.91 bits per heavy atom. The van der Waals surface area contributed by atoms with Gasteiger partial charge >= 0.3 is 0 Å². The number of benzene rings is 1. The zero-order valence-corrected chi connectivity index (χ0v) is 14.1. The summed E-state index contributed by atoms with van der Waals surface area (Å²) in [6.07, 6.45) is 1.90. The second-order valence-corrected chi connectivity index (χ2v) is 6.52. The number of piperidine rings is 1. The van der Waals surface area contributed by atoms with E-state index in [2.05, 4.69) is 54.6 Å². The van der Waals surface area contributed by atoms with Crippen LogP contribution in [0.25, 0.3) is 0 Å². The van der Waals surface area contributed by atoms with Crippen molar-refractivity contribution in [1.82, 2.24) is 15.5 Å². The van der Waals surface area contributed by atoms with Crippen LogP contribution in [0, 0.1) is 5.92 Å². The average Bonchev–Trinajstić information content (AvgIpc) is 2.54. The molecule has 0 unspecified atom stereocenters. The molecule has 4 heteroatoms. The molecule has 1 aromatic rings. The van der Waals surface area contributed by atoms with E-state index in [0.717, 1.165) is 32.5 Å². The fourth-order valence-electron chi connectivity index (χ4n) is 2.75. The molecule has 0 radical (unpaired) electrons. The first-order chi connectivity index (χ1) is 10.6. The first kappa shape index (κ1) is 17.0. The largest absolute Gasteiger partial charge is 0.352 e. The third kappa shape index (κ3) is 4.82. The Morgan fingerprint density at radius 3 is 2.55 bits per heavy atom. The smallest absolute Gasteiger partial charge is 0.223 e. The maximum Gasteiger partial charge on any atom is 0.223 e. The van der Waals surface area contributed by atoms with Crippen molar-refractivity contribution in [2.75, 3.05) is 20.1 Å². The van der Waals surface area contributed by atoms with Gasteiger partial charge in [-0.1, -0.05) is 24.3 Å². The van der Waals surface area contributed by atoms with Crippen LogP contribution in [0.4, 0.5) is 0 Å². The van der Waals surface area contributed by atoms with Crippen LogP contribution in [0.1, 0.15) is 37.8 Å². The van der Waals surface area contributed by atoms with Gasteiger partial charge in [0.1, 0.15) is 0 Å². The Hall–Kier alpha value is -1.39. The summed E-state index contributed by atoms with van der Waals surface area (Å²) in [4.78, 5) is 14.6. The van der Waals surface area contributed by atoms with Gasteiger partial charge in [0.15, 0.2) is 0 Å².